The first-order chi connectivity index (χ1) is 8.65. The van der Waals surface area contributed by atoms with Crippen LogP contribution in [0.25, 0.3) is 0 Å². The van der Waals surface area contributed by atoms with E-state index >= 15 is 0 Å². The van der Waals surface area contributed by atoms with Crippen LogP contribution in [0.1, 0.15) is 11.1 Å². The Balaban J connectivity index is 2.46. The van der Waals surface area contributed by atoms with Gasteiger partial charge in [0.2, 0.25) is 0 Å². The Bertz CT molecular complexity index is 507. The molecule has 1 saturated heterocycles. The van der Waals surface area contributed by atoms with Crippen LogP contribution in [-0.4, -0.2) is 36.8 Å². The quantitative estimate of drug-likeness (QED) is 0.803. The van der Waals surface area contributed by atoms with Gasteiger partial charge in [-0.1, -0.05) is 12.1 Å². The molecule has 1 unspecified atom stereocenters. The Hall–Kier alpha value is -2.06. The van der Waals surface area contributed by atoms with E-state index < -0.39 is 12.0 Å². The second-order valence-corrected chi connectivity index (χ2v) is 4.33. The number of nitriles is 1. The molecule has 2 N–H and O–H groups in total. The molecular formula is C13H15N3O2. The summed E-state index contributed by atoms with van der Waals surface area (Å²) in [6.45, 7) is 3.62. The number of anilines is 1. The smallest absolute Gasteiger partial charge is 0.327 e. The molecule has 1 aliphatic rings. The minimum atomic E-state index is -0.866. The molecule has 1 fully saturated rings. The topological polar surface area (TPSA) is 76.4 Å². The van der Waals surface area contributed by atoms with E-state index in [1.807, 2.05) is 24.0 Å². The molecule has 0 amide bonds. The summed E-state index contributed by atoms with van der Waals surface area (Å²) in [6.07, 6.45) is 0. The molecule has 18 heavy (non-hydrogen) atoms. The largest absolute Gasteiger partial charge is 0.480 e. The maximum Gasteiger partial charge on any atom is 0.327 e. The molecule has 94 valence electrons. The number of hydrogen-bond donors (Lipinski definition) is 2. The molecule has 5 heteroatoms. The van der Waals surface area contributed by atoms with Gasteiger partial charge in [0.05, 0.1) is 11.3 Å². The number of aliphatic carboxylic acids is 1. The zero-order valence-electron chi connectivity index (χ0n) is 10.2. The van der Waals surface area contributed by atoms with Gasteiger partial charge in [-0.15, -0.1) is 0 Å². The number of aryl methyl sites for hydroxylation is 1. The van der Waals surface area contributed by atoms with Crippen molar-refractivity contribution in [3.8, 4) is 6.07 Å². The van der Waals surface area contributed by atoms with Gasteiger partial charge < -0.3 is 15.3 Å². The first-order valence-electron chi connectivity index (χ1n) is 5.85. The molecular weight excluding hydrogens is 230 g/mol. The van der Waals surface area contributed by atoms with Crippen LogP contribution in [0.4, 0.5) is 5.69 Å². The van der Waals surface area contributed by atoms with Crippen LogP contribution in [0.5, 0.6) is 0 Å². The van der Waals surface area contributed by atoms with Crippen LogP contribution < -0.4 is 10.2 Å². The molecule has 1 aromatic rings. The lowest BCUT2D eigenvalue weighted by molar-refractivity contribution is -0.138. The van der Waals surface area contributed by atoms with E-state index in [1.165, 1.54) is 0 Å². The monoisotopic (exact) mass is 245 g/mol. The number of benzene rings is 1. The van der Waals surface area contributed by atoms with Crippen LogP contribution in [0.15, 0.2) is 18.2 Å². The van der Waals surface area contributed by atoms with Gasteiger partial charge in [-0.2, -0.15) is 5.26 Å². The molecule has 1 aromatic carbocycles. The van der Waals surface area contributed by atoms with Crippen LogP contribution in [0.2, 0.25) is 0 Å². The Morgan fingerprint density at radius 1 is 1.61 bits per heavy atom. The highest BCUT2D eigenvalue weighted by atomic mass is 16.4. The third-order valence-electron chi connectivity index (χ3n) is 3.17. The van der Waals surface area contributed by atoms with Gasteiger partial charge in [-0.05, 0) is 18.6 Å². The lowest BCUT2D eigenvalue weighted by Crippen LogP contribution is -2.55. The highest BCUT2D eigenvalue weighted by Gasteiger charge is 2.30. The standard InChI is InChI=1S/C13H15N3O2/c1-9-3-2-4-10(7-14)12(9)16-6-5-15-8-11(16)13(17)18/h2-4,11,15H,5-6,8H2,1H3,(H,17,18). The minimum absolute atomic E-state index is 0.397. The van der Waals surface area contributed by atoms with E-state index in [1.54, 1.807) is 6.07 Å². The van der Waals surface area contributed by atoms with Crippen molar-refractivity contribution in [1.29, 1.82) is 5.26 Å². The van der Waals surface area contributed by atoms with Gasteiger partial charge in [0.25, 0.3) is 0 Å². The van der Waals surface area contributed by atoms with E-state index in [9.17, 15) is 9.90 Å². The number of carboxylic acid groups (broad SMARTS) is 1. The van der Waals surface area contributed by atoms with Gasteiger partial charge in [-0.3, -0.25) is 0 Å². The number of nitrogens with zero attached hydrogens (tertiary/aromatic N) is 2. The summed E-state index contributed by atoms with van der Waals surface area (Å²) in [7, 11) is 0. The number of carbonyl (C=O) groups is 1. The fourth-order valence-electron chi connectivity index (χ4n) is 2.32. The Kier molecular flexibility index (Phi) is 3.49. The van der Waals surface area contributed by atoms with Gasteiger partial charge in [-0.25, -0.2) is 4.79 Å². The van der Waals surface area contributed by atoms with Crippen molar-refractivity contribution in [3.05, 3.63) is 29.3 Å². The molecule has 1 heterocycles. The molecule has 5 nitrogen and oxygen atoms in total. The molecule has 0 aliphatic carbocycles. The molecule has 1 aliphatic heterocycles. The summed E-state index contributed by atoms with van der Waals surface area (Å²) in [5.41, 5.74) is 2.21. The highest BCUT2D eigenvalue weighted by Crippen LogP contribution is 2.27. The molecule has 0 spiro atoms. The zero-order valence-corrected chi connectivity index (χ0v) is 10.2. The van der Waals surface area contributed by atoms with E-state index in [2.05, 4.69) is 11.4 Å². The van der Waals surface area contributed by atoms with Gasteiger partial charge >= 0.3 is 5.97 Å². The summed E-state index contributed by atoms with van der Waals surface area (Å²) >= 11 is 0. The number of rotatable bonds is 2. The van der Waals surface area contributed by atoms with E-state index in [4.69, 9.17) is 5.26 Å². The van der Waals surface area contributed by atoms with Gasteiger partial charge in [0.15, 0.2) is 0 Å². The van der Waals surface area contributed by atoms with E-state index in [0.29, 0.717) is 18.7 Å². The van der Waals surface area contributed by atoms with Crippen LogP contribution >= 0.6 is 0 Å². The second kappa shape index (κ2) is 5.07. The van der Waals surface area contributed by atoms with Crippen molar-refractivity contribution < 1.29 is 9.90 Å². The number of nitrogens with one attached hydrogen (secondary N) is 1. The van der Waals surface area contributed by atoms with Crippen LogP contribution in [0.3, 0.4) is 0 Å². The lowest BCUT2D eigenvalue weighted by atomic mass is 10.0. The van der Waals surface area contributed by atoms with Crippen molar-refractivity contribution in [2.75, 3.05) is 24.5 Å². The van der Waals surface area contributed by atoms with Crippen molar-refractivity contribution in [3.63, 3.8) is 0 Å². The van der Waals surface area contributed by atoms with Crippen molar-refractivity contribution in [1.82, 2.24) is 5.32 Å². The average molecular weight is 245 g/mol. The third-order valence-corrected chi connectivity index (χ3v) is 3.17. The van der Waals surface area contributed by atoms with Crippen molar-refractivity contribution >= 4 is 11.7 Å². The second-order valence-electron chi connectivity index (χ2n) is 4.33. The molecule has 0 aromatic heterocycles. The fraction of sp³-hybridized carbons (Fsp3) is 0.385. The number of carboxylic acids is 1. The summed E-state index contributed by atoms with van der Waals surface area (Å²) in [6, 6.07) is 6.96. The average Bonchev–Trinajstić information content (AvgIpc) is 2.38. The summed E-state index contributed by atoms with van der Waals surface area (Å²) < 4.78 is 0. The summed E-state index contributed by atoms with van der Waals surface area (Å²) in [4.78, 5) is 13.1. The van der Waals surface area contributed by atoms with E-state index in [-0.39, 0.29) is 0 Å². The van der Waals surface area contributed by atoms with Gasteiger partial charge in [0, 0.05) is 19.6 Å². The lowest BCUT2D eigenvalue weighted by Gasteiger charge is -2.36. The Morgan fingerprint density at radius 3 is 3.06 bits per heavy atom. The molecule has 1 atom stereocenters. The van der Waals surface area contributed by atoms with Crippen molar-refractivity contribution in [2.24, 2.45) is 0 Å². The first-order valence-corrected chi connectivity index (χ1v) is 5.85. The summed E-state index contributed by atoms with van der Waals surface area (Å²) in [5, 5.41) is 21.5. The Morgan fingerprint density at radius 2 is 2.39 bits per heavy atom. The minimum Gasteiger partial charge on any atom is -0.480 e. The first kappa shape index (κ1) is 12.4. The molecule has 0 radical (unpaired) electrons. The van der Waals surface area contributed by atoms with Crippen LogP contribution in [-0.2, 0) is 4.79 Å². The maximum atomic E-state index is 11.3. The molecule has 2 rings (SSSR count). The van der Waals surface area contributed by atoms with Gasteiger partial charge in [0.1, 0.15) is 12.1 Å². The van der Waals surface area contributed by atoms with E-state index in [0.717, 1.165) is 17.8 Å². The molecule has 0 bridgehead atoms. The predicted octanol–water partition coefficient (Wildman–Crippen LogP) is 0.729. The highest BCUT2D eigenvalue weighted by molar-refractivity contribution is 5.80. The predicted molar refractivity (Wildman–Crippen MR) is 67.5 cm³/mol. The zero-order chi connectivity index (χ0) is 13.1. The maximum absolute atomic E-state index is 11.3. The SMILES string of the molecule is Cc1cccc(C#N)c1N1CCNCC1C(=O)O. The summed E-state index contributed by atoms with van der Waals surface area (Å²) in [5.74, 6) is -0.866. The number of piperazine rings is 1. The van der Waals surface area contributed by atoms with Crippen LogP contribution in [0, 0.1) is 18.3 Å². The molecule has 0 saturated carbocycles. The van der Waals surface area contributed by atoms with Crippen molar-refractivity contribution in [2.45, 2.75) is 13.0 Å². The number of hydrogen-bond acceptors (Lipinski definition) is 4. The number of para-hydroxylation sites is 1. The third kappa shape index (κ3) is 2.15. The fourth-order valence-corrected chi connectivity index (χ4v) is 2.32. The Labute approximate surface area is 106 Å². The normalized spacial score (nSPS) is 19.3.